The second-order valence-electron chi connectivity index (χ2n) is 15.4. The Morgan fingerprint density at radius 3 is 2.38 bits per heavy atom. The number of aromatic nitrogens is 2. The first-order valence-corrected chi connectivity index (χ1v) is 20.1. The fraction of sp³-hybridized carbons (Fsp3) is 0.564. The van der Waals surface area contributed by atoms with Crippen molar-refractivity contribution in [2.24, 2.45) is 5.92 Å². The number of nitrogens with one attached hydrogen (secondary N) is 4. The number of H-pyrrole nitrogens is 1. The third-order valence-electron chi connectivity index (χ3n) is 10.2. The minimum Gasteiger partial charge on any atom is -0.361 e. The maximum Gasteiger partial charge on any atom is 0.271 e. The van der Waals surface area contributed by atoms with Gasteiger partial charge in [0, 0.05) is 69.2 Å². The van der Waals surface area contributed by atoms with Crippen LogP contribution in [0, 0.1) is 5.92 Å². The highest BCUT2D eigenvalue weighted by Gasteiger charge is 2.31. The van der Waals surface area contributed by atoms with Crippen molar-refractivity contribution >= 4 is 57.7 Å². The van der Waals surface area contributed by atoms with Gasteiger partial charge in [0.1, 0.15) is 22.8 Å². The van der Waals surface area contributed by atoms with Crippen molar-refractivity contribution in [1.82, 2.24) is 50.4 Å². The van der Waals surface area contributed by atoms with E-state index in [0.29, 0.717) is 11.4 Å². The molecule has 2 aliphatic rings. The van der Waals surface area contributed by atoms with Crippen molar-refractivity contribution in [3.8, 4) is 0 Å². The molecular weight excluding hydrogens is 737 g/mol. The number of hydrogen-bond acceptors (Lipinski definition) is 10. The van der Waals surface area contributed by atoms with Gasteiger partial charge in [0.15, 0.2) is 0 Å². The lowest BCUT2D eigenvalue weighted by molar-refractivity contribution is -0.140. The first kappa shape index (κ1) is 42.3. The molecule has 2 aromatic heterocycles. The van der Waals surface area contributed by atoms with E-state index < -0.39 is 47.7 Å². The van der Waals surface area contributed by atoms with Crippen LogP contribution >= 0.6 is 11.3 Å². The Kier molecular flexibility index (Phi) is 14.6. The van der Waals surface area contributed by atoms with E-state index in [1.807, 2.05) is 38.1 Å². The average molecular weight is 793 g/mol. The van der Waals surface area contributed by atoms with E-state index in [4.69, 9.17) is 0 Å². The Bertz CT molecular complexity index is 1880. The second-order valence-corrected chi connectivity index (χ2v) is 16.3. The molecule has 1 aromatic carbocycles. The fourth-order valence-electron chi connectivity index (χ4n) is 7.07. The van der Waals surface area contributed by atoms with Crippen LogP contribution in [0.3, 0.4) is 0 Å². The Balaban J connectivity index is 1.43. The predicted molar refractivity (Wildman–Crippen MR) is 214 cm³/mol. The minimum absolute atomic E-state index is 0.0892. The quantitative estimate of drug-likeness (QED) is 0.284. The summed E-state index contributed by atoms with van der Waals surface area (Å²) in [6.45, 7) is 8.59. The molecule has 0 saturated carbocycles. The summed E-state index contributed by atoms with van der Waals surface area (Å²) in [4.78, 5) is 98.3. The molecule has 6 amide bonds. The minimum atomic E-state index is -1.06. The zero-order valence-corrected chi connectivity index (χ0v) is 34.1. The number of para-hydroxylation sites is 1. The molecule has 2 bridgehead atoms. The lowest BCUT2D eigenvalue weighted by atomic mass is 10.0. The van der Waals surface area contributed by atoms with Crippen LogP contribution in [-0.2, 0) is 30.4 Å². The van der Waals surface area contributed by atoms with Crippen LogP contribution in [0.5, 0.6) is 0 Å². The lowest BCUT2D eigenvalue weighted by Crippen LogP contribution is -2.53. The van der Waals surface area contributed by atoms with Crippen molar-refractivity contribution in [2.75, 3.05) is 80.0 Å². The van der Waals surface area contributed by atoms with E-state index >= 15 is 0 Å². The second kappa shape index (κ2) is 19.3. The Hall–Kier alpha value is -4.87. The van der Waals surface area contributed by atoms with Crippen LogP contribution in [0.25, 0.3) is 10.9 Å². The van der Waals surface area contributed by atoms with Gasteiger partial charge in [-0.05, 0) is 57.5 Å². The predicted octanol–water partition coefficient (Wildman–Crippen LogP) is 1.07. The number of thiazole rings is 1. The molecule has 4 heterocycles. The smallest absolute Gasteiger partial charge is 0.271 e. The average Bonchev–Trinajstić information content (AvgIpc) is 3.76. The monoisotopic (exact) mass is 792 g/mol. The molecule has 17 heteroatoms. The molecule has 1 fully saturated rings. The van der Waals surface area contributed by atoms with Gasteiger partial charge in [0.05, 0.1) is 25.7 Å². The summed E-state index contributed by atoms with van der Waals surface area (Å²) in [5, 5.41) is 11.6. The highest BCUT2D eigenvalue weighted by Crippen LogP contribution is 2.25. The molecule has 2 aliphatic heterocycles. The Labute approximate surface area is 332 Å². The van der Waals surface area contributed by atoms with E-state index in [2.05, 4.69) is 42.8 Å². The summed E-state index contributed by atoms with van der Waals surface area (Å²) in [6, 6.07) is 5.08. The van der Waals surface area contributed by atoms with Crippen molar-refractivity contribution in [3.63, 3.8) is 0 Å². The molecule has 16 nitrogen and oxygen atoms in total. The lowest BCUT2D eigenvalue weighted by Gasteiger charge is -2.30. The normalized spacial score (nSPS) is 22.4. The van der Waals surface area contributed by atoms with Gasteiger partial charge in [-0.3, -0.25) is 33.7 Å². The van der Waals surface area contributed by atoms with Gasteiger partial charge in [0.25, 0.3) is 5.91 Å². The highest BCUT2D eigenvalue weighted by molar-refractivity contribution is 7.09. The van der Waals surface area contributed by atoms with Crippen LogP contribution in [0.1, 0.15) is 60.7 Å². The van der Waals surface area contributed by atoms with Crippen LogP contribution in [0.15, 0.2) is 35.8 Å². The van der Waals surface area contributed by atoms with Gasteiger partial charge in [-0.15, -0.1) is 11.3 Å². The van der Waals surface area contributed by atoms with Gasteiger partial charge in [0.2, 0.25) is 29.5 Å². The summed E-state index contributed by atoms with van der Waals surface area (Å²) >= 11 is 1.23. The number of rotatable bonds is 6. The number of benzene rings is 1. The number of likely N-dealkylation sites (N-methyl/N-ethyl adjacent to an activating group) is 3. The van der Waals surface area contributed by atoms with Gasteiger partial charge in [-0.1, -0.05) is 32.0 Å². The molecular formula is C39H56N10O6S. The van der Waals surface area contributed by atoms with Crippen LogP contribution in [-0.4, -0.2) is 162 Å². The van der Waals surface area contributed by atoms with E-state index in [1.165, 1.54) is 33.1 Å². The van der Waals surface area contributed by atoms with Crippen LogP contribution in [0.2, 0.25) is 0 Å². The van der Waals surface area contributed by atoms with E-state index in [-0.39, 0.29) is 56.7 Å². The van der Waals surface area contributed by atoms with E-state index in [0.717, 1.165) is 49.1 Å². The first-order chi connectivity index (χ1) is 26.7. The van der Waals surface area contributed by atoms with Gasteiger partial charge < -0.3 is 40.5 Å². The molecule has 3 aromatic rings. The molecule has 56 heavy (non-hydrogen) atoms. The molecule has 0 unspecified atom stereocenters. The SMILES string of the molecule is CC(C)C[C@@H]1NC(=O)CN(C(=O)CN2CCCN(C)CC2)CCN(C)C(=O)[C@H](C)NC(=O)CN(C)C(=O)[C@@H](Cc2c[nH]c3ccccc23)NC(=O)c2csc1n2. The first-order valence-electron chi connectivity index (χ1n) is 19.3. The molecule has 5 rings (SSSR count). The molecule has 1 saturated heterocycles. The topological polar surface area (TPSA) is 183 Å². The summed E-state index contributed by atoms with van der Waals surface area (Å²) in [5.74, 6) is -2.51. The summed E-state index contributed by atoms with van der Waals surface area (Å²) < 4.78 is 0. The molecule has 0 radical (unpaired) electrons. The van der Waals surface area contributed by atoms with Crippen LogP contribution in [0.4, 0.5) is 0 Å². The van der Waals surface area contributed by atoms with Crippen LogP contribution < -0.4 is 16.0 Å². The van der Waals surface area contributed by atoms with Crippen molar-refractivity contribution in [2.45, 2.75) is 58.2 Å². The molecule has 304 valence electrons. The summed E-state index contributed by atoms with van der Waals surface area (Å²) in [7, 11) is 5.11. The Morgan fingerprint density at radius 1 is 0.857 bits per heavy atom. The maximum absolute atomic E-state index is 14.0. The zero-order valence-electron chi connectivity index (χ0n) is 33.3. The van der Waals surface area contributed by atoms with Crippen molar-refractivity contribution < 1.29 is 28.8 Å². The van der Waals surface area contributed by atoms with Crippen molar-refractivity contribution in [3.05, 3.63) is 52.1 Å². The molecule has 0 spiro atoms. The number of hydrogen-bond donors (Lipinski definition) is 4. The molecule has 3 atom stereocenters. The number of fused-ring (bicyclic) bond motifs is 3. The largest absolute Gasteiger partial charge is 0.361 e. The maximum atomic E-state index is 14.0. The van der Waals surface area contributed by atoms with Gasteiger partial charge >= 0.3 is 0 Å². The number of carbonyl (C=O) groups excluding carboxylic acids is 6. The zero-order chi connectivity index (χ0) is 40.5. The van der Waals surface area contributed by atoms with Crippen molar-refractivity contribution in [1.29, 1.82) is 0 Å². The third-order valence-corrected chi connectivity index (χ3v) is 11.2. The fourth-order valence-corrected chi connectivity index (χ4v) is 7.93. The molecule has 4 N–H and O–H groups in total. The number of aromatic amines is 1. The number of amides is 6. The summed E-state index contributed by atoms with van der Waals surface area (Å²) in [5.41, 5.74) is 1.77. The summed E-state index contributed by atoms with van der Waals surface area (Å²) in [6.07, 6.45) is 3.37. The third kappa shape index (κ3) is 11.4. The molecule has 0 aliphatic carbocycles. The number of carbonyl (C=O) groups is 6. The van der Waals surface area contributed by atoms with E-state index in [1.54, 1.807) is 25.5 Å². The standard InChI is InChI=1S/C39H56N10O6S/c1-25(2)18-30-37-44-32(24-56-37)36(53)43-31(19-27-20-40-29-11-8-7-10-28(27)29)39(55)47(6)21-33(50)41-26(3)38(54)46(5)15-17-49(22-34(51)42-30)35(52)23-48-13-9-12-45(4)14-16-48/h7-8,10-11,20,24-26,30-31,40H,9,12-19,21-23H2,1-6H3,(H,41,50)(H,42,51)(H,43,53)/t26-,30-,31+/m0/s1. The van der Waals surface area contributed by atoms with E-state index in [9.17, 15) is 28.8 Å². The van der Waals surface area contributed by atoms with Gasteiger partial charge in [-0.25, -0.2) is 4.98 Å². The number of nitrogens with zero attached hydrogens (tertiary/aromatic N) is 6. The Morgan fingerprint density at radius 2 is 1.61 bits per heavy atom. The highest BCUT2D eigenvalue weighted by atomic mass is 32.1. The van der Waals surface area contributed by atoms with Gasteiger partial charge in [-0.2, -0.15) is 0 Å².